The van der Waals surface area contributed by atoms with Gasteiger partial charge < -0.3 is 4.90 Å². The van der Waals surface area contributed by atoms with Crippen LogP contribution in [0.2, 0.25) is 0 Å². The molecule has 2 heterocycles. The van der Waals surface area contributed by atoms with Gasteiger partial charge in [-0.05, 0) is 41.5 Å². The lowest BCUT2D eigenvalue weighted by Crippen LogP contribution is -2.49. The smallest absolute Gasteiger partial charge is 0.250 e. The minimum Gasteiger partial charge on any atom is -0.310 e. The SMILES string of the molecule is O=C(C(Cc1ccccc1)NS(=O)(=O)c1cccs1)N1CCc2ccccc21. The molecule has 0 bridgehead atoms. The van der Waals surface area contributed by atoms with Gasteiger partial charge >= 0.3 is 0 Å². The van der Waals surface area contributed by atoms with E-state index in [0.29, 0.717) is 13.0 Å². The van der Waals surface area contributed by atoms with Gasteiger partial charge in [-0.3, -0.25) is 4.79 Å². The highest BCUT2D eigenvalue weighted by atomic mass is 32.2. The number of amides is 1. The molecule has 0 spiro atoms. The third-order valence-corrected chi connectivity index (χ3v) is 7.66. The third kappa shape index (κ3) is 3.87. The van der Waals surface area contributed by atoms with E-state index >= 15 is 0 Å². The predicted octanol–water partition coefficient (Wildman–Crippen LogP) is 3.23. The summed E-state index contributed by atoms with van der Waals surface area (Å²) in [5, 5.41) is 1.71. The van der Waals surface area contributed by atoms with Crippen LogP contribution in [0.25, 0.3) is 0 Å². The van der Waals surface area contributed by atoms with E-state index in [9.17, 15) is 13.2 Å². The Hall–Kier alpha value is -2.48. The molecular formula is C21H20N2O3S2. The van der Waals surface area contributed by atoms with Crippen LogP contribution >= 0.6 is 11.3 Å². The molecule has 1 N–H and O–H groups in total. The number of hydrogen-bond acceptors (Lipinski definition) is 4. The average Bonchev–Trinajstić information content (AvgIpc) is 3.38. The lowest BCUT2D eigenvalue weighted by atomic mass is 10.1. The number of carbonyl (C=O) groups is 1. The maximum atomic E-state index is 13.4. The van der Waals surface area contributed by atoms with Gasteiger partial charge in [0.05, 0.1) is 0 Å². The zero-order valence-corrected chi connectivity index (χ0v) is 16.7. The number of nitrogens with zero attached hydrogens (tertiary/aromatic N) is 1. The maximum absolute atomic E-state index is 13.4. The van der Waals surface area contributed by atoms with Crippen molar-refractivity contribution in [2.45, 2.75) is 23.1 Å². The van der Waals surface area contributed by atoms with Crippen molar-refractivity contribution in [1.29, 1.82) is 0 Å². The van der Waals surface area contributed by atoms with Crippen LogP contribution in [0.3, 0.4) is 0 Å². The van der Waals surface area contributed by atoms with Crippen molar-refractivity contribution < 1.29 is 13.2 Å². The molecule has 5 nitrogen and oxygen atoms in total. The first kappa shape index (κ1) is 18.9. The number of thiophene rings is 1. The molecule has 1 aliphatic rings. The Balaban J connectivity index is 1.64. The average molecular weight is 413 g/mol. The van der Waals surface area contributed by atoms with Gasteiger partial charge in [0.25, 0.3) is 10.0 Å². The van der Waals surface area contributed by atoms with Crippen LogP contribution in [0, 0.1) is 0 Å². The third-order valence-electron chi connectivity index (χ3n) is 4.79. The van der Waals surface area contributed by atoms with Gasteiger partial charge in [0, 0.05) is 12.2 Å². The van der Waals surface area contributed by atoms with Gasteiger partial charge in [-0.1, -0.05) is 54.6 Å². The molecule has 1 atom stereocenters. The lowest BCUT2D eigenvalue weighted by molar-refractivity contribution is -0.120. The topological polar surface area (TPSA) is 66.5 Å². The number of benzene rings is 2. The maximum Gasteiger partial charge on any atom is 0.250 e. The Morgan fingerprint density at radius 1 is 1.04 bits per heavy atom. The minimum atomic E-state index is -3.77. The normalized spacial score (nSPS) is 14.6. The fraction of sp³-hybridized carbons (Fsp3) is 0.190. The molecule has 1 unspecified atom stereocenters. The van der Waals surface area contributed by atoms with Crippen LogP contribution in [-0.2, 0) is 27.7 Å². The van der Waals surface area contributed by atoms with Crippen molar-refractivity contribution in [2.24, 2.45) is 0 Å². The predicted molar refractivity (Wildman–Crippen MR) is 111 cm³/mol. The van der Waals surface area contributed by atoms with E-state index in [4.69, 9.17) is 0 Å². The standard InChI is InChI=1S/C21H20N2O3S2/c24-21(23-13-12-17-9-4-5-10-19(17)23)18(15-16-7-2-1-3-8-16)22-28(25,26)20-11-6-14-27-20/h1-11,14,18,22H,12-13,15H2. The quantitative estimate of drug-likeness (QED) is 0.676. The van der Waals surface area contributed by atoms with E-state index in [1.54, 1.807) is 22.4 Å². The molecule has 0 aliphatic carbocycles. The van der Waals surface area contributed by atoms with Crippen molar-refractivity contribution in [1.82, 2.24) is 4.72 Å². The number of carbonyl (C=O) groups excluding carboxylic acids is 1. The molecule has 1 aliphatic heterocycles. The highest BCUT2D eigenvalue weighted by Gasteiger charge is 2.33. The van der Waals surface area contributed by atoms with Crippen molar-refractivity contribution in [3.05, 3.63) is 83.2 Å². The van der Waals surface area contributed by atoms with Crippen LogP contribution in [0.4, 0.5) is 5.69 Å². The summed E-state index contributed by atoms with van der Waals surface area (Å²) in [6.07, 6.45) is 1.07. The summed E-state index contributed by atoms with van der Waals surface area (Å²) >= 11 is 1.14. The minimum absolute atomic E-state index is 0.209. The van der Waals surface area contributed by atoms with Crippen LogP contribution in [-0.4, -0.2) is 26.9 Å². The Kier molecular flexibility index (Phi) is 5.30. The zero-order chi connectivity index (χ0) is 19.6. The summed E-state index contributed by atoms with van der Waals surface area (Å²) in [6, 6.07) is 19.6. The molecule has 4 rings (SSSR count). The van der Waals surface area contributed by atoms with E-state index in [-0.39, 0.29) is 10.1 Å². The highest BCUT2D eigenvalue weighted by Crippen LogP contribution is 2.28. The number of fused-ring (bicyclic) bond motifs is 1. The van der Waals surface area contributed by atoms with Crippen LogP contribution in [0.1, 0.15) is 11.1 Å². The largest absolute Gasteiger partial charge is 0.310 e. The van der Waals surface area contributed by atoms with E-state index in [1.807, 2.05) is 54.6 Å². The summed E-state index contributed by atoms with van der Waals surface area (Å²) in [5.41, 5.74) is 2.87. The van der Waals surface area contributed by atoms with E-state index in [1.165, 1.54) is 0 Å². The van der Waals surface area contributed by atoms with Gasteiger partial charge in [-0.25, -0.2) is 8.42 Å². The van der Waals surface area contributed by atoms with Crippen molar-refractivity contribution in [3.8, 4) is 0 Å². The highest BCUT2D eigenvalue weighted by molar-refractivity contribution is 7.91. The first-order chi connectivity index (χ1) is 13.5. The van der Waals surface area contributed by atoms with Gasteiger partial charge in [-0.15, -0.1) is 11.3 Å². The second-order valence-electron chi connectivity index (χ2n) is 6.66. The fourth-order valence-corrected chi connectivity index (χ4v) is 5.64. The molecule has 144 valence electrons. The first-order valence-corrected chi connectivity index (χ1v) is 11.4. The lowest BCUT2D eigenvalue weighted by Gasteiger charge is -2.25. The van der Waals surface area contributed by atoms with Crippen LogP contribution < -0.4 is 9.62 Å². The van der Waals surface area contributed by atoms with Crippen molar-refractivity contribution in [3.63, 3.8) is 0 Å². The van der Waals surface area contributed by atoms with Crippen molar-refractivity contribution in [2.75, 3.05) is 11.4 Å². The number of para-hydroxylation sites is 1. The second kappa shape index (κ2) is 7.87. The number of sulfonamides is 1. The number of nitrogens with one attached hydrogen (secondary N) is 1. The molecular weight excluding hydrogens is 392 g/mol. The van der Waals surface area contributed by atoms with Crippen LogP contribution in [0.5, 0.6) is 0 Å². The van der Waals surface area contributed by atoms with Gasteiger partial charge in [0.2, 0.25) is 5.91 Å². The Labute approximate surface area is 168 Å². The van der Waals surface area contributed by atoms with Gasteiger partial charge in [0.15, 0.2) is 0 Å². The fourth-order valence-electron chi connectivity index (χ4n) is 3.45. The summed E-state index contributed by atoms with van der Waals surface area (Å²) < 4.78 is 28.4. The number of anilines is 1. The van der Waals surface area contributed by atoms with Gasteiger partial charge in [0.1, 0.15) is 10.3 Å². The molecule has 0 radical (unpaired) electrons. The monoisotopic (exact) mass is 412 g/mol. The summed E-state index contributed by atoms with van der Waals surface area (Å²) in [7, 11) is -3.77. The molecule has 7 heteroatoms. The van der Waals surface area contributed by atoms with E-state index < -0.39 is 16.1 Å². The van der Waals surface area contributed by atoms with Crippen LogP contribution in [0.15, 0.2) is 76.3 Å². The number of rotatable bonds is 6. The molecule has 1 aromatic heterocycles. The van der Waals surface area contributed by atoms with Gasteiger partial charge in [-0.2, -0.15) is 4.72 Å². The molecule has 0 saturated carbocycles. The van der Waals surface area contributed by atoms with Crippen molar-refractivity contribution >= 4 is 33.0 Å². The molecule has 0 saturated heterocycles. The second-order valence-corrected chi connectivity index (χ2v) is 9.55. The summed E-state index contributed by atoms with van der Waals surface area (Å²) in [4.78, 5) is 15.1. The molecule has 2 aromatic carbocycles. The Morgan fingerprint density at radius 2 is 1.79 bits per heavy atom. The first-order valence-electron chi connectivity index (χ1n) is 9.04. The Morgan fingerprint density at radius 3 is 2.54 bits per heavy atom. The molecule has 3 aromatic rings. The summed E-state index contributed by atoms with van der Waals surface area (Å²) in [5.74, 6) is -0.228. The van der Waals surface area contributed by atoms with E-state index in [0.717, 1.165) is 34.6 Å². The Bertz CT molecular complexity index is 1060. The zero-order valence-electron chi connectivity index (χ0n) is 15.1. The van der Waals surface area contributed by atoms with E-state index in [2.05, 4.69) is 4.72 Å². The molecule has 0 fully saturated rings. The summed E-state index contributed by atoms with van der Waals surface area (Å²) in [6.45, 7) is 0.560. The molecule has 1 amide bonds. The molecule has 28 heavy (non-hydrogen) atoms. The number of hydrogen-bond donors (Lipinski definition) is 1.